The van der Waals surface area contributed by atoms with Gasteiger partial charge < -0.3 is 35.6 Å². The summed E-state index contributed by atoms with van der Waals surface area (Å²) in [4.78, 5) is 80.5. The molecule has 1 aliphatic carbocycles. The molecule has 1 unspecified atom stereocenters. The summed E-state index contributed by atoms with van der Waals surface area (Å²) in [6.45, 7) is 18.3. The average molecular weight is 670 g/mol. The standard InChI is InChI=1S/C35H51N5O8/c1-11-12-23(27(42)30(44)37-18-24(41)36-17-20-13-15-21(47-10)16-14-20)38-29(43)26-25-22(35(25,8)9)19-40(26)31(45)28(33(2,3)4)39-32(46)48-34(5,6)7/h11,13-16,22-23,25-26,28H,1,12,17-19H2,2-10H3,(H,36,41)(H,37,44)(H,38,43)(H,39,46)/t22-,23?,25-,26-,28+/m0/s1. The van der Waals surface area contributed by atoms with Gasteiger partial charge in [-0.25, -0.2) is 4.79 Å². The molecule has 1 aliphatic heterocycles. The largest absolute Gasteiger partial charge is 0.497 e. The highest BCUT2D eigenvalue weighted by Crippen LogP contribution is 2.65. The molecule has 1 aromatic rings. The first-order valence-electron chi connectivity index (χ1n) is 16.1. The van der Waals surface area contributed by atoms with Gasteiger partial charge in [0.2, 0.25) is 23.5 Å². The van der Waals surface area contributed by atoms with Gasteiger partial charge in [-0.05, 0) is 67.6 Å². The average Bonchev–Trinajstić information content (AvgIpc) is 3.31. The number of carbonyl (C=O) groups is 6. The molecular formula is C35H51N5O8. The quantitative estimate of drug-likeness (QED) is 0.183. The minimum Gasteiger partial charge on any atom is -0.497 e. The van der Waals surface area contributed by atoms with Gasteiger partial charge in [0, 0.05) is 13.1 Å². The van der Waals surface area contributed by atoms with Crippen molar-refractivity contribution in [1.82, 2.24) is 26.2 Å². The molecule has 0 spiro atoms. The Balaban J connectivity index is 1.68. The first-order chi connectivity index (χ1) is 22.2. The van der Waals surface area contributed by atoms with Crippen molar-refractivity contribution < 1.29 is 38.2 Å². The molecule has 1 aromatic carbocycles. The third-order valence-corrected chi connectivity index (χ3v) is 8.85. The van der Waals surface area contributed by atoms with E-state index in [2.05, 4.69) is 27.8 Å². The Labute approximate surface area is 282 Å². The van der Waals surface area contributed by atoms with Crippen LogP contribution in [0.25, 0.3) is 0 Å². The molecule has 5 atom stereocenters. The van der Waals surface area contributed by atoms with Gasteiger partial charge in [0.15, 0.2) is 0 Å². The van der Waals surface area contributed by atoms with Crippen LogP contribution in [0.3, 0.4) is 0 Å². The number of hydrogen-bond donors (Lipinski definition) is 4. The van der Waals surface area contributed by atoms with Crippen molar-refractivity contribution >= 4 is 35.5 Å². The Bertz CT molecular complexity index is 1410. The molecule has 1 heterocycles. The first kappa shape index (κ1) is 38.0. The Hall–Kier alpha value is -4.42. The number of amides is 5. The second-order valence-corrected chi connectivity index (χ2v) is 15.1. The molecule has 0 aromatic heterocycles. The molecule has 2 fully saturated rings. The third-order valence-electron chi connectivity index (χ3n) is 8.85. The maximum atomic E-state index is 14.0. The third kappa shape index (κ3) is 9.35. The van der Waals surface area contributed by atoms with Crippen molar-refractivity contribution in [3.63, 3.8) is 0 Å². The maximum absolute atomic E-state index is 14.0. The lowest BCUT2D eigenvalue weighted by atomic mass is 9.85. The number of methoxy groups -OCH3 is 1. The molecule has 5 amide bonds. The van der Waals surface area contributed by atoms with E-state index in [0.717, 1.165) is 5.56 Å². The number of benzene rings is 1. The first-order valence-corrected chi connectivity index (χ1v) is 16.1. The van der Waals surface area contributed by atoms with E-state index in [9.17, 15) is 28.8 Å². The monoisotopic (exact) mass is 669 g/mol. The van der Waals surface area contributed by atoms with Crippen molar-refractivity contribution in [2.75, 3.05) is 20.2 Å². The minimum absolute atomic E-state index is 0.0348. The number of piperidine rings is 1. The SMILES string of the molecule is C=CCC(NC(=O)[C@@H]1[C@@H]2[C@H](CN1C(=O)[C@@H](NC(=O)OC(C)(C)C)C(C)(C)C)C2(C)C)C(=O)C(=O)NCC(=O)NCc1ccc(OC)cc1. The van der Waals surface area contributed by atoms with Crippen LogP contribution in [0.4, 0.5) is 4.79 Å². The molecular weight excluding hydrogens is 618 g/mol. The Morgan fingerprint density at radius 3 is 2.17 bits per heavy atom. The second kappa shape index (κ2) is 14.8. The van der Waals surface area contributed by atoms with Gasteiger partial charge in [0.25, 0.3) is 5.91 Å². The van der Waals surface area contributed by atoms with Crippen LogP contribution in [-0.2, 0) is 35.3 Å². The Morgan fingerprint density at radius 2 is 1.62 bits per heavy atom. The number of ether oxygens (including phenoxy) is 2. The number of rotatable bonds is 13. The lowest BCUT2D eigenvalue weighted by Gasteiger charge is -2.38. The highest BCUT2D eigenvalue weighted by atomic mass is 16.6. The van der Waals surface area contributed by atoms with Crippen LogP contribution in [0.2, 0.25) is 0 Å². The van der Waals surface area contributed by atoms with E-state index in [0.29, 0.717) is 12.3 Å². The number of alkyl carbamates (subject to hydrolysis) is 1. The summed E-state index contributed by atoms with van der Waals surface area (Å²) in [7, 11) is 1.55. The molecule has 4 N–H and O–H groups in total. The molecule has 13 heteroatoms. The molecule has 48 heavy (non-hydrogen) atoms. The van der Waals surface area contributed by atoms with Crippen LogP contribution in [0.5, 0.6) is 5.75 Å². The molecule has 2 aliphatic rings. The van der Waals surface area contributed by atoms with Gasteiger partial charge in [-0.1, -0.05) is 52.8 Å². The molecule has 13 nitrogen and oxygen atoms in total. The number of likely N-dealkylation sites (tertiary alicyclic amines) is 1. The molecule has 1 saturated heterocycles. The molecule has 3 rings (SSSR count). The fourth-order valence-corrected chi connectivity index (χ4v) is 6.12. The number of Topliss-reactive ketones (excluding diaryl/α,β-unsaturated/α-hetero) is 1. The van der Waals surface area contributed by atoms with E-state index in [4.69, 9.17) is 9.47 Å². The lowest BCUT2D eigenvalue weighted by molar-refractivity contribution is -0.145. The van der Waals surface area contributed by atoms with Gasteiger partial charge in [-0.15, -0.1) is 6.58 Å². The maximum Gasteiger partial charge on any atom is 0.408 e. The molecule has 0 bridgehead atoms. The second-order valence-electron chi connectivity index (χ2n) is 15.1. The van der Waals surface area contributed by atoms with Crippen molar-refractivity contribution in [3.05, 3.63) is 42.5 Å². The summed E-state index contributed by atoms with van der Waals surface area (Å²) >= 11 is 0. The fraction of sp³-hybridized carbons (Fsp3) is 0.600. The summed E-state index contributed by atoms with van der Waals surface area (Å²) in [5.41, 5.74) is -0.923. The number of ketones is 1. The highest BCUT2D eigenvalue weighted by Gasteiger charge is 2.70. The number of hydrogen-bond acceptors (Lipinski definition) is 8. The fourth-order valence-electron chi connectivity index (χ4n) is 6.12. The van der Waals surface area contributed by atoms with E-state index in [1.54, 1.807) is 72.9 Å². The van der Waals surface area contributed by atoms with Crippen LogP contribution in [0, 0.1) is 22.7 Å². The van der Waals surface area contributed by atoms with E-state index < -0.39 is 71.2 Å². The van der Waals surface area contributed by atoms with Crippen LogP contribution < -0.4 is 26.0 Å². The predicted molar refractivity (Wildman–Crippen MR) is 178 cm³/mol. The van der Waals surface area contributed by atoms with Crippen LogP contribution in [-0.4, -0.2) is 84.3 Å². The predicted octanol–water partition coefficient (Wildman–Crippen LogP) is 2.48. The van der Waals surface area contributed by atoms with Gasteiger partial charge in [0.1, 0.15) is 29.5 Å². The zero-order valence-corrected chi connectivity index (χ0v) is 29.5. The van der Waals surface area contributed by atoms with Crippen LogP contribution in [0.15, 0.2) is 36.9 Å². The van der Waals surface area contributed by atoms with Crippen molar-refractivity contribution in [3.8, 4) is 5.75 Å². The minimum atomic E-state index is -1.27. The summed E-state index contributed by atoms with van der Waals surface area (Å²) in [5, 5.41) is 10.4. The number of nitrogens with one attached hydrogen (secondary N) is 4. The number of nitrogens with zero attached hydrogens (tertiary/aromatic N) is 1. The molecule has 264 valence electrons. The van der Waals surface area contributed by atoms with Gasteiger partial charge in [0.05, 0.1) is 13.7 Å². The summed E-state index contributed by atoms with van der Waals surface area (Å²) in [5.74, 6) is -3.01. The van der Waals surface area contributed by atoms with Gasteiger partial charge in [-0.2, -0.15) is 0 Å². The summed E-state index contributed by atoms with van der Waals surface area (Å²) in [6.07, 6.45) is 0.600. The number of fused-ring (bicyclic) bond motifs is 1. The van der Waals surface area contributed by atoms with E-state index in [-0.39, 0.29) is 30.2 Å². The van der Waals surface area contributed by atoms with Crippen LogP contribution in [0.1, 0.15) is 67.4 Å². The van der Waals surface area contributed by atoms with Crippen molar-refractivity contribution in [1.29, 1.82) is 0 Å². The zero-order chi connectivity index (χ0) is 36.2. The topological polar surface area (TPSA) is 172 Å². The summed E-state index contributed by atoms with van der Waals surface area (Å²) in [6, 6.07) is 3.87. The lowest BCUT2D eigenvalue weighted by Crippen LogP contribution is -2.60. The Kier molecular flexibility index (Phi) is 11.7. The Morgan fingerprint density at radius 1 is 1.00 bits per heavy atom. The normalized spacial score (nSPS) is 20.7. The van der Waals surface area contributed by atoms with Crippen LogP contribution >= 0.6 is 0 Å². The molecule has 0 radical (unpaired) electrons. The van der Waals surface area contributed by atoms with E-state index in [1.807, 2.05) is 13.8 Å². The van der Waals surface area contributed by atoms with Gasteiger partial charge in [-0.3, -0.25) is 24.0 Å². The summed E-state index contributed by atoms with van der Waals surface area (Å²) < 4.78 is 10.5. The van der Waals surface area contributed by atoms with E-state index >= 15 is 0 Å². The molecule has 1 saturated carbocycles. The highest BCUT2D eigenvalue weighted by molar-refractivity contribution is 6.38. The zero-order valence-electron chi connectivity index (χ0n) is 29.5. The van der Waals surface area contributed by atoms with Gasteiger partial charge >= 0.3 is 6.09 Å². The van der Waals surface area contributed by atoms with E-state index in [1.165, 1.54) is 11.0 Å². The smallest absolute Gasteiger partial charge is 0.408 e. The van der Waals surface area contributed by atoms with Crippen molar-refractivity contribution in [2.45, 2.75) is 92.1 Å². The number of carbonyl (C=O) groups excluding carboxylic acids is 6. The van der Waals surface area contributed by atoms with Crippen molar-refractivity contribution in [2.24, 2.45) is 22.7 Å².